The molecule has 4 heteroatoms. The fourth-order valence-corrected chi connectivity index (χ4v) is 7.80. The first kappa shape index (κ1) is 28.8. The SMILES string of the molecule is c1ccc(-c2ccc(N(c3ccc4c(c3)oc3cc(-c5ccccc5)ccc34)c3cc4c5ccccc5oc4c4oc5ccccc5c34)cc2)cc1. The van der Waals surface area contributed by atoms with E-state index in [0.29, 0.717) is 0 Å². The third-order valence-electron chi connectivity index (χ3n) is 10.3. The standard InChI is InChI=1S/C48H29NO3/c1-3-11-30(12-4-1)32-19-22-34(23-20-32)49(35-24-26-38-37-25-21-33(31-13-5-2-6-14-31)27-44(37)50-45(38)28-35)41-29-40-36-15-7-9-17-42(36)51-47(40)48-46(41)39-16-8-10-18-43(39)52-48/h1-29H. The number of para-hydroxylation sites is 2. The van der Waals surface area contributed by atoms with Crippen molar-refractivity contribution in [2.24, 2.45) is 0 Å². The fourth-order valence-electron chi connectivity index (χ4n) is 7.80. The quantitative estimate of drug-likeness (QED) is 0.183. The van der Waals surface area contributed by atoms with E-state index < -0.39 is 0 Å². The van der Waals surface area contributed by atoms with E-state index in [0.717, 1.165) is 99.6 Å². The third-order valence-corrected chi connectivity index (χ3v) is 10.3. The molecule has 4 nitrogen and oxygen atoms in total. The van der Waals surface area contributed by atoms with Crippen molar-refractivity contribution in [1.82, 2.24) is 0 Å². The van der Waals surface area contributed by atoms with Gasteiger partial charge in [-0.25, -0.2) is 0 Å². The Morgan fingerprint density at radius 2 is 0.827 bits per heavy atom. The summed E-state index contributed by atoms with van der Waals surface area (Å²) in [7, 11) is 0. The topological polar surface area (TPSA) is 42.7 Å². The van der Waals surface area contributed by atoms with E-state index in [-0.39, 0.29) is 0 Å². The van der Waals surface area contributed by atoms with Crippen molar-refractivity contribution in [1.29, 1.82) is 0 Å². The van der Waals surface area contributed by atoms with Gasteiger partial charge in [0.25, 0.3) is 0 Å². The van der Waals surface area contributed by atoms with Gasteiger partial charge in [0, 0.05) is 44.4 Å². The molecule has 0 amide bonds. The predicted octanol–water partition coefficient (Wildman–Crippen LogP) is 14.2. The van der Waals surface area contributed by atoms with Crippen LogP contribution in [0.15, 0.2) is 189 Å². The zero-order chi connectivity index (χ0) is 34.2. The van der Waals surface area contributed by atoms with Crippen LogP contribution in [0.3, 0.4) is 0 Å². The molecule has 3 heterocycles. The molecule has 52 heavy (non-hydrogen) atoms. The molecule has 0 spiro atoms. The van der Waals surface area contributed by atoms with Crippen molar-refractivity contribution in [2.45, 2.75) is 0 Å². The van der Waals surface area contributed by atoms with Crippen LogP contribution in [0.1, 0.15) is 0 Å². The first-order valence-corrected chi connectivity index (χ1v) is 17.5. The van der Waals surface area contributed by atoms with E-state index in [1.807, 2.05) is 36.4 Å². The summed E-state index contributed by atoms with van der Waals surface area (Å²) in [5, 5.41) is 6.23. The van der Waals surface area contributed by atoms with E-state index >= 15 is 0 Å². The number of fused-ring (bicyclic) bond motifs is 10. The summed E-state index contributed by atoms with van der Waals surface area (Å²) in [6, 6.07) is 61.4. The van der Waals surface area contributed by atoms with Crippen LogP contribution in [0.5, 0.6) is 0 Å². The largest absolute Gasteiger partial charge is 0.456 e. The van der Waals surface area contributed by atoms with Gasteiger partial charge in [-0.2, -0.15) is 0 Å². The molecule has 0 bridgehead atoms. The molecule has 0 unspecified atom stereocenters. The van der Waals surface area contributed by atoms with Crippen LogP contribution >= 0.6 is 0 Å². The number of hydrogen-bond donors (Lipinski definition) is 0. The van der Waals surface area contributed by atoms with Crippen LogP contribution < -0.4 is 4.90 Å². The van der Waals surface area contributed by atoms with Gasteiger partial charge in [-0.05, 0) is 76.9 Å². The minimum absolute atomic E-state index is 0.731. The van der Waals surface area contributed by atoms with Crippen molar-refractivity contribution in [2.75, 3.05) is 4.90 Å². The van der Waals surface area contributed by atoms with Crippen LogP contribution in [-0.2, 0) is 0 Å². The molecule has 0 radical (unpaired) electrons. The van der Waals surface area contributed by atoms with Gasteiger partial charge in [-0.15, -0.1) is 0 Å². The average Bonchev–Trinajstić information content (AvgIpc) is 3.90. The highest BCUT2D eigenvalue weighted by atomic mass is 16.4. The molecular formula is C48H29NO3. The normalized spacial score (nSPS) is 11.8. The average molecular weight is 668 g/mol. The van der Waals surface area contributed by atoms with Crippen molar-refractivity contribution in [3.8, 4) is 22.3 Å². The highest BCUT2D eigenvalue weighted by Crippen LogP contribution is 2.48. The molecule has 8 aromatic carbocycles. The van der Waals surface area contributed by atoms with Crippen LogP contribution in [0.2, 0.25) is 0 Å². The first-order valence-electron chi connectivity index (χ1n) is 17.5. The maximum Gasteiger partial charge on any atom is 0.180 e. The van der Waals surface area contributed by atoms with Crippen LogP contribution in [0.25, 0.3) is 88.1 Å². The molecule has 0 N–H and O–H groups in total. The summed E-state index contributed by atoms with van der Waals surface area (Å²) in [5.74, 6) is 0. The van der Waals surface area contributed by atoms with Crippen molar-refractivity contribution in [3.05, 3.63) is 176 Å². The van der Waals surface area contributed by atoms with Gasteiger partial charge in [0.2, 0.25) is 0 Å². The lowest BCUT2D eigenvalue weighted by molar-refractivity contribution is 0.633. The first-order chi connectivity index (χ1) is 25.8. The Hall–Kier alpha value is -7.04. The summed E-state index contributed by atoms with van der Waals surface area (Å²) in [5.41, 5.74) is 12.4. The number of hydrogen-bond acceptors (Lipinski definition) is 4. The summed E-state index contributed by atoms with van der Waals surface area (Å²) in [4.78, 5) is 2.32. The summed E-state index contributed by atoms with van der Waals surface area (Å²) in [6.45, 7) is 0. The maximum absolute atomic E-state index is 6.65. The second-order valence-corrected chi connectivity index (χ2v) is 13.3. The number of furan rings is 3. The van der Waals surface area contributed by atoms with Gasteiger partial charge in [0.05, 0.1) is 11.1 Å². The highest BCUT2D eigenvalue weighted by molar-refractivity contribution is 6.24. The van der Waals surface area contributed by atoms with Crippen LogP contribution in [-0.4, -0.2) is 0 Å². The predicted molar refractivity (Wildman–Crippen MR) is 214 cm³/mol. The van der Waals surface area contributed by atoms with E-state index in [1.54, 1.807) is 0 Å². The molecule has 3 aromatic heterocycles. The van der Waals surface area contributed by atoms with Gasteiger partial charge in [-0.3, -0.25) is 0 Å². The van der Waals surface area contributed by atoms with E-state index in [1.165, 1.54) is 5.56 Å². The highest BCUT2D eigenvalue weighted by Gasteiger charge is 2.25. The van der Waals surface area contributed by atoms with Gasteiger partial charge in [-0.1, -0.05) is 115 Å². The lowest BCUT2D eigenvalue weighted by Crippen LogP contribution is -2.10. The van der Waals surface area contributed by atoms with Gasteiger partial charge in [0.1, 0.15) is 22.3 Å². The Balaban J connectivity index is 1.18. The van der Waals surface area contributed by atoms with Gasteiger partial charge in [0.15, 0.2) is 11.2 Å². The second kappa shape index (κ2) is 11.2. The fraction of sp³-hybridized carbons (Fsp3) is 0. The van der Waals surface area contributed by atoms with Crippen LogP contribution in [0.4, 0.5) is 17.1 Å². The van der Waals surface area contributed by atoms with Gasteiger partial charge >= 0.3 is 0 Å². The summed E-state index contributed by atoms with van der Waals surface area (Å²) < 4.78 is 19.8. The van der Waals surface area contributed by atoms with Gasteiger partial charge < -0.3 is 18.2 Å². The Bertz CT molecular complexity index is 3110. The maximum atomic E-state index is 6.65. The Labute approximate surface area is 298 Å². The Morgan fingerprint density at radius 3 is 1.58 bits per heavy atom. The number of nitrogens with zero attached hydrogens (tertiary/aromatic N) is 1. The Kier molecular flexibility index (Phi) is 6.22. The van der Waals surface area contributed by atoms with Crippen molar-refractivity contribution < 1.29 is 13.3 Å². The molecule has 0 aliphatic carbocycles. The monoisotopic (exact) mass is 667 g/mol. The second-order valence-electron chi connectivity index (χ2n) is 13.3. The molecule has 0 aliphatic rings. The molecule has 0 aliphatic heterocycles. The molecule has 0 saturated carbocycles. The molecule has 0 atom stereocenters. The molecular weight excluding hydrogens is 639 g/mol. The van der Waals surface area contributed by atoms with E-state index in [4.69, 9.17) is 13.3 Å². The third kappa shape index (κ3) is 4.41. The lowest BCUT2D eigenvalue weighted by Gasteiger charge is -2.26. The molecule has 11 aromatic rings. The van der Waals surface area contributed by atoms with E-state index in [9.17, 15) is 0 Å². The summed E-state index contributed by atoms with van der Waals surface area (Å²) >= 11 is 0. The molecule has 0 saturated heterocycles. The smallest absolute Gasteiger partial charge is 0.180 e. The zero-order valence-electron chi connectivity index (χ0n) is 27.9. The number of anilines is 3. The van der Waals surface area contributed by atoms with Crippen LogP contribution in [0, 0.1) is 0 Å². The number of benzene rings is 8. The zero-order valence-corrected chi connectivity index (χ0v) is 27.9. The minimum Gasteiger partial charge on any atom is -0.456 e. The molecule has 244 valence electrons. The molecule has 11 rings (SSSR count). The summed E-state index contributed by atoms with van der Waals surface area (Å²) in [6.07, 6.45) is 0. The van der Waals surface area contributed by atoms with Crippen molar-refractivity contribution >= 4 is 82.9 Å². The Morgan fingerprint density at radius 1 is 0.308 bits per heavy atom. The minimum atomic E-state index is 0.731. The number of rotatable bonds is 5. The van der Waals surface area contributed by atoms with Crippen molar-refractivity contribution in [3.63, 3.8) is 0 Å². The van der Waals surface area contributed by atoms with E-state index in [2.05, 4.69) is 144 Å². The lowest BCUT2D eigenvalue weighted by atomic mass is 10.0. The molecule has 0 fully saturated rings.